The summed E-state index contributed by atoms with van der Waals surface area (Å²) in [5.74, 6) is 0.908. The molecule has 34 heavy (non-hydrogen) atoms. The zero-order valence-electron chi connectivity index (χ0n) is 19.2. The maximum Gasteiger partial charge on any atom is 0.264 e. The zero-order chi connectivity index (χ0) is 23.7. The van der Waals surface area contributed by atoms with Crippen LogP contribution in [0.1, 0.15) is 16.6 Å². The monoisotopic (exact) mass is 494 g/mol. The van der Waals surface area contributed by atoms with Crippen molar-refractivity contribution in [1.29, 1.82) is 0 Å². The minimum atomic E-state index is -1.70. The number of carbonyl (C=O) groups excluding carboxylic acids is 1. The predicted octanol–water partition coefficient (Wildman–Crippen LogP) is 4.99. The highest BCUT2D eigenvalue weighted by atomic mass is 32.1. The number of fused-ring (bicyclic) bond motifs is 3. The topological polar surface area (TPSA) is 62.2 Å². The van der Waals surface area contributed by atoms with Gasteiger partial charge in [0.05, 0.1) is 18.6 Å². The Morgan fingerprint density at radius 1 is 1.03 bits per heavy atom. The Bertz CT molecular complexity index is 1320. The molecule has 0 saturated carbocycles. The van der Waals surface area contributed by atoms with Gasteiger partial charge in [-0.25, -0.2) is 0 Å². The first-order chi connectivity index (χ1) is 16.6. The van der Waals surface area contributed by atoms with Crippen LogP contribution in [0, 0.1) is 0 Å². The van der Waals surface area contributed by atoms with Gasteiger partial charge in [-0.15, -0.1) is 11.3 Å². The van der Waals surface area contributed by atoms with Crippen LogP contribution in [-0.4, -0.2) is 55.6 Å². The Hall–Kier alpha value is -2.70. The van der Waals surface area contributed by atoms with E-state index in [0.717, 1.165) is 55.6 Å². The van der Waals surface area contributed by atoms with Crippen LogP contribution in [0.25, 0.3) is 20.9 Å². The first-order valence-electron chi connectivity index (χ1n) is 11.3. The van der Waals surface area contributed by atoms with E-state index in [1.165, 1.54) is 11.3 Å². The van der Waals surface area contributed by atoms with E-state index in [9.17, 15) is 9.69 Å². The van der Waals surface area contributed by atoms with Crippen LogP contribution in [0.15, 0.2) is 60.7 Å². The van der Waals surface area contributed by atoms with E-state index in [-0.39, 0.29) is 5.91 Å². The van der Waals surface area contributed by atoms with Crippen LogP contribution in [0.5, 0.6) is 5.75 Å². The number of nitrogens with zero attached hydrogens (tertiary/aromatic N) is 2. The molecule has 1 atom stereocenters. The molecule has 1 aliphatic heterocycles. The molecule has 0 radical (unpaired) electrons. The summed E-state index contributed by atoms with van der Waals surface area (Å²) < 4.78 is 11.8. The molecule has 0 aliphatic carbocycles. The van der Waals surface area contributed by atoms with E-state index in [1.807, 2.05) is 54.3 Å². The summed E-state index contributed by atoms with van der Waals surface area (Å²) in [6.07, 6.45) is 0. The fourth-order valence-corrected chi connectivity index (χ4v) is 6.60. The Balaban J connectivity index is 1.38. The number of hydrogen-bond donors (Lipinski definition) is 1. The second kappa shape index (κ2) is 9.88. The van der Waals surface area contributed by atoms with Gasteiger partial charge in [-0.05, 0) is 54.1 Å². The van der Waals surface area contributed by atoms with Crippen molar-refractivity contribution in [3.63, 3.8) is 0 Å². The highest BCUT2D eigenvalue weighted by molar-refractivity contribution is 7.55. The van der Waals surface area contributed by atoms with Crippen LogP contribution in [0.3, 0.4) is 0 Å². The molecule has 1 fully saturated rings. The van der Waals surface area contributed by atoms with Gasteiger partial charge in [0.2, 0.25) is 8.38 Å². The summed E-state index contributed by atoms with van der Waals surface area (Å²) in [6.45, 7) is 5.26. The lowest BCUT2D eigenvalue weighted by molar-refractivity contribution is 0.0751. The average molecular weight is 495 g/mol. The number of ether oxygens (including phenoxy) is 1. The van der Waals surface area contributed by atoms with E-state index in [2.05, 4.69) is 23.1 Å². The van der Waals surface area contributed by atoms with E-state index in [4.69, 9.17) is 9.26 Å². The first kappa shape index (κ1) is 23.1. The summed E-state index contributed by atoms with van der Waals surface area (Å²) in [4.78, 5) is 29.0. The van der Waals surface area contributed by atoms with E-state index in [1.54, 1.807) is 7.11 Å². The number of amides is 1. The molecule has 2 heterocycles. The number of piperazine rings is 1. The maximum atomic E-state index is 13.4. The minimum absolute atomic E-state index is 0.0669. The molecule has 1 aliphatic rings. The van der Waals surface area contributed by atoms with Gasteiger partial charge in [-0.1, -0.05) is 24.3 Å². The Labute approximate surface area is 204 Å². The second-order valence-corrected chi connectivity index (χ2v) is 10.5. The lowest BCUT2D eigenvalue weighted by Gasteiger charge is -2.36. The third kappa shape index (κ3) is 4.37. The summed E-state index contributed by atoms with van der Waals surface area (Å²) in [6, 6.07) is 20.0. The molecule has 1 aromatic heterocycles. The summed E-state index contributed by atoms with van der Waals surface area (Å²) >= 11 is 1.53. The SMILES string of the molecule is CCOP(O)c1cc2cc(C(=O)N3CCN(c4ccc(OC)cc4)CC3)sc2c2ccccc12. The molecule has 6 nitrogen and oxygen atoms in total. The van der Waals surface area contributed by atoms with Crippen LogP contribution in [0.2, 0.25) is 0 Å². The Morgan fingerprint density at radius 3 is 2.41 bits per heavy atom. The van der Waals surface area contributed by atoms with Crippen molar-refractivity contribution in [2.24, 2.45) is 0 Å². The molecule has 1 N–H and O–H groups in total. The van der Waals surface area contributed by atoms with E-state index < -0.39 is 8.38 Å². The number of benzene rings is 3. The molecule has 1 amide bonds. The number of hydrogen-bond acceptors (Lipinski definition) is 6. The highest BCUT2D eigenvalue weighted by Crippen LogP contribution is 2.39. The molecular formula is C26H27N2O4PS. The van der Waals surface area contributed by atoms with Crippen molar-refractivity contribution in [2.75, 3.05) is 44.8 Å². The number of carbonyl (C=O) groups is 1. The van der Waals surface area contributed by atoms with Gasteiger partial charge in [0.1, 0.15) is 5.75 Å². The molecule has 1 unspecified atom stereocenters. The zero-order valence-corrected chi connectivity index (χ0v) is 20.9. The van der Waals surface area contributed by atoms with Crippen LogP contribution < -0.4 is 14.9 Å². The number of anilines is 1. The maximum absolute atomic E-state index is 13.4. The third-order valence-corrected chi connectivity index (χ3v) is 8.63. The van der Waals surface area contributed by atoms with Crippen LogP contribution >= 0.6 is 19.7 Å². The summed E-state index contributed by atoms with van der Waals surface area (Å²) in [7, 11) is -0.0360. The molecule has 1 saturated heterocycles. The lowest BCUT2D eigenvalue weighted by atomic mass is 10.1. The summed E-state index contributed by atoms with van der Waals surface area (Å²) in [5, 5.41) is 3.79. The van der Waals surface area contributed by atoms with Crippen molar-refractivity contribution >= 4 is 57.5 Å². The van der Waals surface area contributed by atoms with Crippen LogP contribution in [0.4, 0.5) is 5.69 Å². The first-order valence-corrected chi connectivity index (χ1v) is 13.4. The second-order valence-electron chi connectivity index (χ2n) is 8.14. The fourth-order valence-electron chi connectivity index (χ4n) is 4.42. The predicted molar refractivity (Wildman–Crippen MR) is 141 cm³/mol. The number of methoxy groups -OCH3 is 1. The van der Waals surface area contributed by atoms with Gasteiger partial charge in [-0.2, -0.15) is 0 Å². The average Bonchev–Trinajstić information content (AvgIpc) is 3.33. The van der Waals surface area contributed by atoms with E-state index in [0.29, 0.717) is 19.7 Å². The largest absolute Gasteiger partial charge is 0.497 e. The summed E-state index contributed by atoms with van der Waals surface area (Å²) in [5.41, 5.74) is 1.14. The van der Waals surface area contributed by atoms with Gasteiger partial charge >= 0.3 is 0 Å². The molecular weight excluding hydrogens is 467 g/mol. The lowest BCUT2D eigenvalue weighted by Crippen LogP contribution is -2.48. The standard InChI is InChI=1S/C26H27N2O4PS/c1-3-32-33(30)23-16-18-17-24(34-25(18)22-7-5-4-6-21(22)23)26(29)28-14-12-27(13-15-28)19-8-10-20(31-2)11-9-19/h4-11,16-17,30H,3,12-15H2,1-2H3. The van der Waals surface area contributed by atoms with Crippen molar-refractivity contribution in [1.82, 2.24) is 4.90 Å². The van der Waals surface area contributed by atoms with Gasteiger partial charge < -0.3 is 24.0 Å². The quantitative estimate of drug-likeness (QED) is 0.383. The molecule has 176 valence electrons. The molecule has 8 heteroatoms. The van der Waals surface area contributed by atoms with Crippen molar-refractivity contribution < 1.29 is 18.9 Å². The highest BCUT2D eigenvalue weighted by Gasteiger charge is 2.25. The molecule has 3 aromatic carbocycles. The van der Waals surface area contributed by atoms with Crippen molar-refractivity contribution in [2.45, 2.75) is 6.92 Å². The fraction of sp³-hybridized carbons (Fsp3) is 0.269. The van der Waals surface area contributed by atoms with Gasteiger partial charge in [0.15, 0.2) is 0 Å². The van der Waals surface area contributed by atoms with Gasteiger partial charge in [0, 0.05) is 47.3 Å². The van der Waals surface area contributed by atoms with Crippen molar-refractivity contribution in [3.8, 4) is 5.75 Å². The normalized spacial score (nSPS) is 15.1. The van der Waals surface area contributed by atoms with E-state index >= 15 is 0 Å². The minimum Gasteiger partial charge on any atom is -0.497 e. The molecule has 0 spiro atoms. The van der Waals surface area contributed by atoms with Crippen molar-refractivity contribution in [3.05, 3.63) is 65.5 Å². The molecule has 4 aromatic rings. The molecule has 5 rings (SSSR count). The Kier molecular flexibility index (Phi) is 6.70. The van der Waals surface area contributed by atoms with Gasteiger partial charge in [0.25, 0.3) is 5.91 Å². The Morgan fingerprint density at radius 2 is 1.74 bits per heavy atom. The van der Waals surface area contributed by atoms with Crippen LogP contribution in [-0.2, 0) is 4.52 Å². The number of thiophene rings is 1. The third-order valence-electron chi connectivity index (χ3n) is 6.17. The smallest absolute Gasteiger partial charge is 0.264 e. The number of rotatable bonds is 6. The van der Waals surface area contributed by atoms with Gasteiger partial charge in [-0.3, -0.25) is 4.79 Å². The molecule has 0 bridgehead atoms.